The van der Waals surface area contributed by atoms with Crippen LogP contribution in [0.1, 0.15) is 11.1 Å². The van der Waals surface area contributed by atoms with Crippen LogP contribution in [0.2, 0.25) is 0 Å². The molecule has 0 aliphatic carbocycles. The first-order valence-electron chi connectivity index (χ1n) is 11.1. The zero-order valence-electron chi connectivity index (χ0n) is 19.6. The highest BCUT2D eigenvalue weighted by Gasteiger charge is 2.45. The lowest BCUT2D eigenvalue weighted by Gasteiger charge is -2.30. The summed E-state index contributed by atoms with van der Waals surface area (Å²) < 4.78 is 28.4. The number of rotatable bonds is 6. The van der Waals surface area contributed by atoms with Gasteiger partial charge in [-0.05, 0) is 55.0 Å². The Hall–Kier alpha value is -2.79. The van der Waals surface area contributed by atoms with E-state index in [1.807, 2.05) is 50.2 Å². The predicted octanol–water partition coefficient (Wildman–Crippen LogP) is 2.08. The highest BCUT2D eigenvalue weighted by atomic mass is 32.2. The minimum absolute atomic E-state index is 0.0262. The fourth-order valence-electron chi connectivity index (χ4n) is 3.90. The van der Waals surface area contributed by atoms with E-state index < -0.39 is 15.9 Å². The van der Waals surface area contributed by atoms with E-state index in [1.54, 1.807) is 30.3 Å². The van der Waals surface area contributed by atoms with Crippen LogP contribution in [-0.2, 0) is 14.8 Å². The molecule has 2 aliphatic heterocycles. The monoisotopic (exact) mass is 499 g/mol. The van der Waals surface area contributed by atoms with Gasteiger partial charge in [0.25, 0.3) is 15.9 Å². The van der Waals surface area contributed by atoms with Crippen molar-refractivity contribution in [1.82, 2.24) is 19.4 Å². The second-order valence-corrected chi connectivity index (χ2v) is 10.8. The number of carbonyl (C=O) groups excluding carboxylic acids is 1. The molecule has 2 saturated heterocycles. The highest BCUT2D eigenvalue weighted by Crippen LogP contribution is 2.31. The number of hydrogen-bond acceptors (Lipinski definition) is 7. The summed E-state index contributed by atoms with van der Waals surface area (Å²) in [6, 6.07) is 14.1. The average Bonchev–Trinajstić information content (AvgIpc) is 3.05. The minimum Gasteiger partial charge on any atom is -0.378 e. The number of aryl methyl sites for hydroxylation is 1. The van der Waals surface area contributed by atoms with Gasteiger partial charge < -0.3 is 10.2 Å². The molecule has 0 unspecified atom stereocenters. The Bertz CT molecular complexity index is 1200. The van der Waals surface area contributed by atoms with Crippen LogP contribution in [0.5, 0.6) is 0 Å². The number of sulfonamides is 1. The molecule has 4 rings (SSSR count). The first-order valence-corrected chi connectivity index (χ1v) is 12.9. The van der Waals surface area contributed by atoms with Crippen LogP contribution in [0, 0.1) is 6.92 Å². The van der Waals surface area contributed by atoms with Crippen molar-refractivity contribution in [1.29, 1.82) is 0 Å². The van der Waals surface area contributed by atoms with Crippen LogP contribution in [0.25, 0.3) is 6.08 Å². The fraction of sp³-hybridized carbons (Fsp3) is 0.333. The Balaban J connectivity index is 1.75. The van der Waals surface area contributed by atoms with Crippen molar-refractivity contribution in [2.45, 2.75) is 11.8 Å². The summed E-state index contributed by atoms with van der Waals surface area (Å²) in [5.41, 5.74) is 2.68. The second-order valence-electron chi connectivity index (χ2n) is 8.62. The first-order chi connectivity index (χ1) is 16.2. The number of anilines is 1. The van der Waals surface area contributed by atoms with Gasteiger partial charge in [0.2, 0.25) is 0 Å². The lowest BCUT2D eigenvalue weighted by Crippen LogP contribution is -2.50. The molecule has 34 heavy (non-hydrogen) atoms. The van der Waals surface area contributed by atoms with Gasteiger partial charge in [-0.3, -0.25) is 14.6 Å². The molecule has 10 heteroatoms. The SMILES string of the molecule is Cc1ccc(S(=O)(=O)N2C(=S)N(CN3CCNCC3)C(=O)/C2=C/c2ccc(N(C)C)cc2)cc1. The standard InChI is InChI=1S/C24H29N5O3S2/c1-18-4-10-21(11-5-18)34(31,32)29-22(16-19-6-8-20(9-7-19)26(2)3)23(30)28(24(29)33)17-27-14-12-25-13-15-27/h4-11,16,25H,12-15,17H2,1-3H3/b22-16-. The number of amides is 1. The van der Waals surface area contributed by atoms with E-state index >= 15 is 0 Å². The van der Waals surface area contributed by atoms with Gasteiger partial charge in [-0.2, -0.15) is 0 Å². The van der Waals surface area contributed by atoms with Crippen molar-refractivity contribution in [3.63, 3.8) is 0 Å². The maximum absolute atomic E-state index is 13.7. The third kappa shape index (κ3) is 4.85. The summed E-state index contributed by atoms with van der Waals surface area (Å²) in [6.07, 6.45) is 1.59. The Morgan fingerprint density at radius 1 is 1.03 bits per heavy atom. The van der Waals surface area contributed by atoms with E-state index in [1.165, 1.54) is 4.90 Å². The van der Waals surface area contributed by atoms with Gasteiger partial charge >= 0.3 is 0 Å². The van der Waals surface area contributed by atoms with Gasteiger partial charge in [0.15, 0.2) is 5.11 Å². The minimum atomic E-state index is -4.08. The number of nitrogens with zero attached hydrogens (tertiary/aromatic N) is 4. The highest BCUT2D eigenvalue weighted by molar-refractivity contribution is 7.91. The molecule has 0 aromatic heterocycles. The van der Waals surface area contributed by atoms with Gasteiger partial charge in [0, 0.05) is 46.0 Å². The zero-order chi connectivity index (χ0) is 24.5. The molecule has 0 radical (unpaired) electrons. The topological polar surface area (TPSA) is 76.2 Å². The number of thiocarbonyl (C=S) groups is 1. The molecule has 1 N–H and O–H groups in total. The Kier molecular flexibility index (Phi) is 7.04. The van der Waals surface area contributed by atoms with Crippen LogP contribution in [0.3, 0.4) is 0 Å². The van der Waals surface area contributed by atoms with E-state index in [-0.39, 0.29) is 22.4 Å². The smallest absolute Gasteiger partial charge is 0.279 e. The number of hydrogen-bond donors (Lipinski definition) is 1. The maximum atomic E-state index is 13.7. The molecule has 1 amide bonds. The summed E-state index contributed by atoms with van der Waals surface area (Å²) in [5.74, 6) is -0.420. The van der Waals surface area contributed by atoms with Gasteiger partial charge in [-0.15, -0.1) is 0 Å². The first kappa shape index (κ1) is 24.3. The number of carbonyl (C=O) groups is 1. The molecule has 0 spiro atoms. The summed E-state index contributed by atoms with van der Waals surface area (Å²) in [6.45, 7) is 5.25. The third-order valence-electron chi connectivity index (χ3n) is 5.91. The van der Waals surface area contributed by atoms with Crippen LogP contribution < -0.4 is 10.2 Å². The zero-order valence-corrected chi connectivity index (χ0v) is 21.2. The van der Waals surface area contributed by atoms with Crippen molar-refractivity contribution in [3.8, 4) is 0 Å². The van der Waals surface area contributed by atoms with E-state index in [0.29, 0.717) is 5.56 Å². The fourth-order valence-corrected chi connectivity index (χ4v) is 5.81. The normalized spacial score (nSPS) is 18.7. The summed E-state index contributed by atoms with van der Waals surface area (Å²) in [7, 11) is -0.198. The summed E-state index contributed by atoms with van der Waals surface area (Å²) >= 11 is 5.59. The molecule has 180 valence electrons. The predicted molar refractivity (Wildman–Crippen MR) is 138 cm³/mol. The van der Waals surface area contributed by atoms with Gasteiger partial charge in [-0.25, -0.2) is 12.7 Å². The van der Waals surface area contributed by atoms with Gasteiger partial charge in [0.05, 0.1) is 11.6 Å². The van der Waals surface area contributed by atoms with Gasteiger partial charge in [-0.1, -0.05) is 29.8 Å². The van der Waals surface area contributed by atoms with Crippen LogP contribution in [0.4, 0.5) is 5.69 Å². The molecule has 2 aromatic carbocycles. The van der Waals surface area contributed by atoms with Crippen molar-refractivity contribution in [2.75, 3.05) is 51.8 Å². The molecule has 2 aliphatic rings. The van der Waals surface area contributed by atoms with Crippen molar-refractivity contribution in [3.05, 3.63) is 65.4 Å². The Labute approximate surface area is 206 Å². The van der Waals surface area contributed by atoms with Crippen LogP contribution in [0.15, 0.2) is 59.1 Å². The number of nitrogens with one attached hydrogen (secondary N) is 1. The van der Waals surface area contributed by atoms with Gasteiger partial charge in [0.1, 0.15) is 5.70 Å². The van der Waals surface area contributed by atoms with E-state index in [2.05, 4.69) is 10.2 Å². The molecular formula is C24H29N5O3S2. The molecule has 0 bridgehead atoms. The second kappa shape index (κ2) is 9.83. The van der Waals surface area contributed by atoms with Crippen LogP contribution >= 0.6 is 12.2 Å². The molecule has 8 nitrogen and oxygen atoms in total. The quantitative estimate of drug-likeness (QED) is 0.482. The van der Waals surface area contributed by atoms with Crippen molar-refractivity contribution >= 4 is 45.0 Å². The number of benzene rings is 2. The Morgan fingerprint density at radius 3 is 2.24 bits per heavy atom. The summed E-state index contributed by atoms with van der Waals surface area (Å²) in [4.78, 5) is 19.1. The van der Waals surface area contributed by atoms with E-state index in [4.69, 9.17) is 12.2 Å². The maximum Gasteiger partial charge on any atom is 0.279 e. The number of piperazine rings is 1. The molecular weight excluding hydrogens is 470 g/mol. The molecule has 0 atom stereocenters. The molecule has 2 fully saturated rings. The molecule has 0 saturated carbocycles. The molecule has 2 aromatic rings. The van der Waals surface area contributed by atoms with E-state index in [0.717, 1.165) is 41.7 Å². The largest absolute Gasteiger partial charge is 0.378 e. The Morgan fingerprint density at radius 2 is 1.65 bits per heavy atom. The average molecular weight is 500 g/mol. The third-order valence-corrected chi connectivity index (χ3v) is 8.15. The van der Waals surface area contributed by atoms with E-state index in [9.17, 15) is 13.2 Å². The molecule has 2 heterocycles. The van der Waals surface area contributed by atoms with Crippen molar-refractivity contribution in [2.24, 2.45) is 0 Å². The van der Waals surface area contributed by atoms with Crippen molar-refractivity contribution < 1.29 is 13.2 Å². The van der Waals surface area contributed by atoms with Crippen LogP contribution in [-0.4, -0.2) is 80.5 Å². The lowest BCUT2D eigenvalue weighted by molar-refractivity contribution is -0.124. The summed E-state index contributed by atoms with van der Waals surface area (Å²) in [5, 5.41) is 3.25. The lowest BCUT2D eigenvalue weighted by atomic mass is 10.1.